The zero-order valence-electron chi connectivity index (χ0n) is 14.9. The van der Waals surface area contributed by atoms with Crippen molar-refractivity contribution in [2.45, 2.75) is 38.3 Å². The summed E-state index contributed by atoms with van der Waals surface area (Å²) in [6.07, 6.45) is 1.85. The van der Waals surface area contributed by atoms with E-state index in [0.29, 0.717) is 0 Å². The quantitative estimate of drug-likeness (QED) is 0.496. The molecule has 2 aromatic rings. The van der Waals surface area contributed by atoms with Crippen LogP contribution in [0, 0.1) is 10.1 Å². The lowest BCUT2D eigenvalue weighted by Crippen LogP contribution is -2.39. The Hall–Kier alpha value is -3.22. The van der Waals surface area contributed by atoms with Gasteiger partial charge in [-0.2, -0.15) is 0 Å². The van der Waals surface area contributed by atoms with E-state index in [1.54, 1.807) is 0 Å². The smallest absolute Gasteiger partial charge is 0.338 e. The summed E-state index contributed by atoms with van der Waals surface area (Å²) in [6.45, 7) is 1.51. The van der Waals surface area contributed by atoms with Gasteiger partial charge in [-0.25, -0.2) is 4.79 Å². The molecular weight excluding hydrogens is 348 g/mol. The average Bonchev–Trinajstić information content (AvgIpc) is 2.68. The molecule has 0 spiro atoms. The van der Waals surface area contributed by atoms with E-state index in [9.17, 15) is 19.7 Å². The number of nitro benzene ring substituents is 1. The molecule has 1 aliphatic carbocycles. The Bertz CT molecular complexity index is 863. The Labute approximate surface area is 156 Å². The van der Waals surface area contributed by atoms with Gasteiger partial charge in [-0.15, -0.1) is 0 Å². The van der Waals surface area contributed by atoms with Gasteiger partial charge in [-0.3, -0.25) is 14.9 Å². The third-order valence-electron chi connectivity index (χ3n) is 4.65. The van der Waals surface area contributed by atoms with Gasteiger partial charge in [0.15, 0.2) is 6.10 Å². The number of ether oxygens (including phenoxy) is 1. The molecule has 1 N–H and O–H groups in total. The zero-order chi connectivity index (χ0) is 19.4. The number of hydrogen-bond acceptors (Lipinski definition) is 5. The van der Waals surface area contributed by atoms with Crippen LogP contribution in [0.3, 0.4) is 0 Å². The van der Waals surface area contributed by atoms with E-state index >= 15 is 0 Å². The molecular formula is C20H20N2O5. The molecule has 1 aliphatic rings. The van der Waals surface area contributed by atoms with Gasteiger partial charge in [-0.1, -0.05) is 24.3 Å². The highest BCUT2D eigenvalue weighted by molar-refractivity contribution is 5.92. The number of rotatable bonds is 5. The average molecular weight is 368 g/mol. The van der Waals surface area contributed by atoms with E-state index in [2.05, 4.69) is 11.4 Å². The fourth-order valence-electron chi connectivity index (χ4n) is 3.19. The summed E-state index contributed by atoms with van der Waals surface area (Å²) in [5.74, 6) is -1.07. The van der Waals surface area contributed by atoms with Gasteiger partial charge in [0.05, 0.1) is 16.5 Å². The molecule has 7 nitrogen and oxygen atoms in total. The second kappa shape index (κ2) is 7.99. The lowest BCUT2D eigenvalue weighted by molar-refractivity contribution is -0.384. The summed E-state index contributed by atoms with van der Waals surface area (Å²) in [7, 11) is 0. The molecule has 0 bridgehead atoms. The SMILES string of the molecule is C[C@H](OC(=O)c1ccc([N+](=O)[O-])cc1)C(=O)N[C@H]1CCCc2ccccc21. The maximum Gasteiger partial charge on any atom is 0.338 e. The van der Waals surface area contributed by atoms with Crippen LogP contribution in [0.4, 0.5) is 5.69 Å². The van der Waals surface area contributed by atoms with E-state index in [1.807, 2.05) is 18.2 Å². The molecule has 0 aliphatic heterocycles. The van der Waals surface area contributed by atoms with Crippen LogP contribution in [0.1, 0.15) is 47.3 Å². The first-order chi connectivity index (χ1) is 13.0. The summed E-state index contributed by atoms with van der Waals surface area (Å²) in [5.41, 5.74) is 2.37. The molecule has 2 atom stereocenters. The molecule has 27 heavy (non-hydrogen) atoms. The van der Waals surface area contributed by atoms with Crippen molar-refractivity contribution in [3.8, 4) is 0 Å². The van der Waals surface area contributed by atoms with Crippen molar-refractivity contribution in [2.24, 2.45) is 0 Å². The van der Waals surface area contributed by atoms with E-state index in [-0.39, 0.29) is 23.2 Å². The number of amides is 1. The largest absolute Gasteiger partial charge is 0.449 e. The second-order valence-corrected chi connectivity index (χ2v) is 6.50. The van der Waals surface area contributed by atoms with Crippen molar-refractivity contribution in [3.63, 3.8) is 0 Å². The third kappa shape index (κ3) is 4.31. The number of hydrogen-bond donors (Lipinski definition) is 1. The molecule has 0 saturated carbocycles. The van der Waals surface area contributed by atoms with Crippen molar-refractivity contribution in [1.82, 2.24) is 5.32 Å². The number of esters is 1. The predicted molar refractivity (Wildman–Crippen MR) is 98.2 cm³/mol. The molecule has 0 heterocycles. The van der Waals surface area contributed by atoms with Crippen molar-refractivity contribution >= 4 is 17.6 Å². The van der Waals surface area contributed by atoms with Crippen LogP contribution in [0.15, 0.2) is 48.5 Å². The lowest BCUT2D eigenvalue weighted by Gasteiger charge is -2.27. The Morgan fingerprint density at radius 3 is 2.59 bits per heavy atom. The normalized spacial score (nSPS) is 16.7. The number of non-ortho nitro benzene ring substituents is 1. The van der Waals surface area contributed by atoms with Crippen LogP contribution in [-0.2, 0) is 16.0 Å². The van der Waals surface area contributed by atoms with Gasteiger partial charge in [0, 0.05) is 12.1 Å². The molecule has 2 aromatic carbocycles. The topological polar surface area (TPSA) is 98.5 Å². The van der Waals surface area contributed by atoms with Crippen molar-refractivity contribution < 1.29 is 19.2 Å². The van der Waals surface area contributed by atoms with E-state index in [0.717, 1.165) is 24.8 Å². The number of carbonyl (C=O) groups excluding carboxylic acids is 2. The molecule has 0 fully saturated rings. The third-order valence-corrected chi connectivity index (χ3v) is 4.65. The van der Waals surface area contributed by atoms with E-state index < -0.39 is 17.0 Å². The van der Waals surface area contributed by atoms with Gasteiger partial charge in [0.1, 0.15) is 0 Å². The summed E-state index contributed by atoms with van der Waals surface area (Å²) in [5, 5.41) is 13.6. The molecule has 1 amide bonds. The first-order valence-corrected chi connectivity index (χ1v) is 8.79. The second-order valence-electron chi connectivity index (χ2n) is 6.50. The minimum atomic E-state index is -0.971. The maximum absolute atomic E-state index is 12.5. The Balaban J connectivity index is 1.61. The number of aryl methyl sites for hydroxylation is 1. The van der Waals surface area contributed by atoms with Crippen LogP contribution >= 0.6 is 0 Å². The van der Waals surface area contributed by atoms with E-state index in [1.165, 1.54) is 36.8 Å². The van der Waals surface area contributed by atoms with Gasteiger partial charge in [0.2, 0.25) is 0 Å². The molecule has 0 unspecified atom stereocenters. The Morgan fingerprint density at radius 1 is 1.19 bits per heavy atom. The number of benzene rings is 2. The fourth-order valence-corrected chi connectivity index (χ4v) is 3.19. The molecule has 0 radical (unpaired) electrons. The van der Waals surface area contributed by atoms with Gasteiger partial charge >= 0.3 is 5.97 Å². The van der Waals surface area contributed by atoms with Crippen LogP contribution < -0.4 is 5.32 Å². The number of nitro groups is 1. The van der Waals surface area contributed by atoms with Crippen molar-refractivity contribution in [3.05, 3.63) is 75.3 Å². The minimum absolute atomic E-state index is 0.0945. The van der Waals surface area contributed by atoms with Crippen molar-refractivity contribution in [1.29, 1.82) is 0 Å². The molecule has 140 valence electrons. The zero-order valence-corrected chi connectivity index (χ0v) is 14.9. The number of fused-ring (bicyclic) bond motifs is 1. The summed E-state index contributed by atoms with van der Waals surface area (Å²) in [6, 6.07) is 13.0. The fraction of sp³-hybridized carbons (Fsp3) is 0.300. The standard InChI is InChI=1S/C20H20N2O5/c1-13(27-20(24)15-9-11-16(12-10-15)22(25)26)19(23)21-18-8-4-6-14-5-2-3-7-17(14)18/h2-3,5,7,9-13,18H,4,6,8H2,1H3,(H,21,23)/t13-,18-/m0/s1. The summed E-state index contributed by atoms with van der Waals surface area (Å²) in [4.78, 5) is 34.7. The predicted octanol–water partition coefficient (Wildman–Crippen LogP) is 3.33. The van der Waals surface area contributed by atoms with Gasteiger partial charge in [-0.05, 0) is 49.4 Å². The first-order valence-electron chi connectivity index (χ1n) is 8.79. The number of nitrogens with zero attached hydrogens (tertiary/aromatic N) is 1. The summed E-state index contributed by atoms with van der Waals surface area (Å²) < 4.78 is 5.21. The molecule has 3 rings (SSSR count). The minimum Gasteiger partial charge on any atom is -0.449 e. The van der Waals surface area contributed by atoms with Crippen LogP contribution in [0.5, 0.6) is 0 Å². The lowest BCUT2D eigenvalue weighted by atomic mass is 9.87. The monoisotopic (exact) mass is 368 g/mol. The van der Waals surface area contributed by atoms with E-state index in [4.69, 9.17) is 4.74 Å². The number of carbonyl (C=O) groups is 2. The molecule has 7 heteroatoms. The Kier molecular flexibility index (Phi) is 5.49. The highest BCUT2D eigenvalue weighted by Gasteiger charge is 2.25. The summed E-state index contributed by atoms with van der Waals surface area (Å²) >= 11 is 0. The Morgan fingerprint density at radius 2 is 1.89 bits per heavy atom. The van der Waals surface area contributed by atoms with Gasteiger partial charge in [0.25, 0.3) is 11.6 Å². The first kappa shape index (κ1) is 18.6. The van der Waals surface area contributed by atoms with Crippen LogP contribution in [0.2, 0.25) is 0 Å². The number of nitrogens with one attached hydrogen (secondary N) is 1. The maximum atomic E-state index is 12.5. The highest BCUT2D eigenvalue weighted by Crippen LogP contribution is 2.29. The highest BCUT2D eigenvalue weighted by atomic mass is 16.6. The molecule has 0 aromatic heterocycles. The van der Waals surface area contributed by atoms with Gasteiger partial charge < -0.3 is 10.1 Å². The van der Waals surface area contributed by atoms with Crippen LogP contribution in [0.25, 0.3) is 0 Å². The van der Waals surface area contributed by atoms with Crippen LogP contribution in [-0.4, -0.2) is 22.9 Å². The molecule has 0 saturated heterocycles. The van der Waals surface area contributed by atoms with Crippen molar-refractivity contribution in [2.75, 3.05) is 0 Å².